The van der Waals surface area contributed by atoms with Crippen LogP contribution in [-0.2, 0) is 6.54 Å². The van der Waals surface area contributed by atoms with Crippen molar-refractivity contribution in [3.8, 4) is 0 Å². The number of hydrogen-bond donors (Lipinski definition) is 0. The second kappa shape index (κ2) is 5.81. The van der Waals surface area contributed by atoms with Crippen LogP contribution in [0.3, 0.4) is 0 Å². The highest BCUT2D eigenvalue weighted by Gasteiger charge is 2.44. The van der Waals surface area contributed by atoms with Gasteiger partial charge in [-0.15, -0.1) is 0 Å². The van der Waals surface area contributed by atoms with E-state index in [9.17, 15) is 4.79 Å². The number of likely N-dealkylation sites (tertiary alicyclic amines) is 2. The van der Waals surface area contributed by atoms with Gasteiger partial charge in [0, 0.05) is 37.4 Å². The van der Waals surface area contributed by atoms with E-state index in [1.165, 1.54) is 0 Å². The van der Waals surface area contributed by atoms with Gasteiger partial charge in [0.25, 0.3) is 5.91 Å². The van der Waals surface area contributed by atoms with Gasteiger partial charge in [-0.05, 0) is 38.0 Å². The van der Waals surface area contributed by atoms with E-state index in [1.807, 2.05) is 17.9 Å². The molecule has 0 spiro atoms. The number of amides is 1. The number of carbonyl (C=O) groups excluding carboxylic acids is 1. The molecule has 0 aliphatic carbocycles. The smallest absolute Gasteiger partial charge is 0.257 e. The van der Waals surface area contributed by atoms with Crippen molar-refractivity contribution >= 4 is 5.91 Å². The minimum absolute atomic E-state index is 0.0989. The second-order valence-corrected chi connectivity index (χ2v) is 6.46. The molecule has 0 N–H and O–H groups in total. The van der Waals surface area contributed by atoms with Gasteiger partial charge in [-0.1, -0.05) is 6.07 Å². The largest absolute Gasteiger partial charge is 0.472 e. The summed E-state index contributed by atoms with van der Waals surface area (Å²) in [6.45, 7) is 4.75. The molecule has 2 aromatic heterocycles. The van der Waals surface area contributed by atoms with E-state index in [0.717, 1.165) is 43.9 Å². The summed E-state index contributed by atoms with van der Waals surface area (Å²) in [5.41, 5.74) is 2.83. The van der Waals surface area contributed by atoms with Crippen LogP contribution < -0.4 is 0 Å². The number of furan rings is 1. The first kappa shape index (κ1) is 14.5. The lowest BCUT2D eigenvalue weighted by Crippen LogP contribution is -2.39. The molecule has 120 valence electrons. The van der Waals surface area contributed by atoms with Crippen molar-refractivity contribution in [1.82, 2.24) is 14.8 Å². The number of carbonyl (C=O) groups is 1. The van der Waals surface area contributed by atoms with Crippen LogP contribution in [0, 0.1) is 6.92 Å². The Balaban J connectivity index is 1.46. The number of rotatable bonds is 3. The Morgan fingerprint density at radius 2 is 2.13 bits per heavy atom. The van der Waals surface area contributed by atoms with E-state index >= 15 is 0 Å². The molecule has 2 aliphatic rings. The van der Waals surface area contributed by atoms with E-state index < -0.39 is 0 Å². The summed E-state index contributed by atoms with van der Waals surface area (Å²) >= 11 is 0. The number of aryl methyl sites for hydroxylation is 1. The minimum atomic E-state index is 0.0989. The second-order valence-electron chi connectivity index (χ2n) is 6.46. The molecule has 0 bridgehead atoms. The standard InChI is InChI=1S/C18H21N3O2/c1-13-3-2-4-15(19-13)11-20-8-5-17-16(20)6-9-21(17)18(22)14-7-10-23-12-14/h2-4,7,10,12,16-17H,5-6,8-9,11H2,1H3/t16-,17+/m0/s1. The molecule has 5 heteroatoms. The van der Waals surface area contributed by atoms with Crippen molar-refractivity contribution in [2.75, 3.05) is 13.1 Å². The van der Waals surface area contributed by atoms with Crippen LogP contribution in [0.4, 0.5) is 0 Å². The fraction of sp³-hybridized carbons (Fsp3) is 0.444. The maximum absolute atomic E-state index is 12.6. The van der Waals surface area contributed by atoms with Gasteiger partial charge in [0.05, 0.1) is 17.5 Å². The Morgan fingerprint density at radius 3 is 2.91 bits per heavy atom. The first-order valence-electron chi connectivity index (χ1n) is 8.22. The zero-order chi connectivity index (χ0) is 15.8. The number of fused-ring (bicyclic) bond motifs is 1. The molecule has 23 heavy (non-hydrogen) atoms. The molecule has 2 aromatic rings. The molecular weight excluding hydrogens is 290 g/mol. The fourth-order valence-electron chi connectivity index (χ4n) is 3.97. The van der Waals surface area contributed by atoms with Crippen LogP contribution in [0.2, 0.25) is 0 Å². The first-order chi connectivity index (χ1) is 11.2. The highest BCUT2D eigenvalue weighted by atomic mass is 16.3. The summed E-state index contributed by atoms with van der Waals surface area (Å²) in [7, 11) is 0. The summed E-state index contributed by atoms with van der Waals surface area (Å²) in [6, 6.07) is 8.70. The number of pyridine rings is 1. The molecule has 5 nitrogen and oxygen atoms in total. The van der Waals surface area contributed by atoms with Crippen LogP contribution in [0.25, 0.3) is 0 Å². The normalized spacial score (nSPS) is 24.1. The van der Waals surface area contributed by atoms with Gasteiger partial charge in [0.2, 0.25) is 0 Å². The highest BCUT2D eigenvalue weighted by molar-refractivity contribution is 5.94. The molecule has 2 fully saturated rings. The molecule has 4 rings (SSSR count). The van der Waals surface area contributed by atoms with Gasteiger partial charge in [0.1, 0.15) is 6.26 Å². The summed E-state index contributed by atoms with van der Waals surface area (Å²) in [6.07, 6.45) is 5.18. The van der Waals surface area contributed by atoms with E-state index in [0.29, 0.717) is 17.6 Å². The van der Waals surface area contributed by atoms with Gasteiger partial charge >= 0.3 is 0 Å². The predicted octanol–water partition coefficient (Wildman–Crippen LogP) is 2.47. The number of hydrogen-bond acceptors (Lipinski definition) is 4. The zero-order valence-electron chi connectivity index (χ0n) is 13.3. The van der Waals surface area contributed by atoms with Gasteiger partial charge in [-0.2, -0.15) is 0 Å². The summed E-state index contributed by atoms with van der Waals surface area (Å²) in [5, 5.41) is 0. The SMILES string of the molecule is Cc1cccc(CN2CC[C@@H]3[C@@H]2CCN3C(=O)c2ccoc2)n1. The molecule has 2 aliphatic heterocycles. The van der Waals surface area contributed by atoms with Crippen molar-refractivity contribution in [2.45, 2.75) is 38.4 Å². The predicted molar refractivity (Wildman–Crippen MR) is 85.9 cm³/mol. The molecule has 2 atom stereocenters. The monoisotopic (exact) mass is 311 g/mol. The third kappa shape index (κ3) is 2.65. The van der Waals surface area contributed by atoms with Gasteiger partial charge in [0.15, 0.2) is 0 Å². The Morgan fingerprint density at radius 1 is 1.26 bits per heavy atom. The van der Waals surface area contributed by atoms with Crippen molar-refractivity contribution in [2.24, 2.45) is 0 Å². The first-order valence-corrected chi connectivity index (χ1v) is 8.22. The summed E-state index contributed by atoms with van der Waals surface area (Å²) in [5.74, 6) is 0.0989. The number of aromatic nitrogens is 1. The summed E-state index contributed by atoms with van der Waals surface area (Å²) in [4.78, 5) is 21.7. The zero-order valence-corrected chi connectivity index (χ0v) is 13.3. The van der Waals surface area contributed by atoms with Gasteiger partial charge < -0.3 is 9.32 Å². The molecule has 4 heterocycles. The van der Waals surface area contributed by atoms with Crippen LogP contribution in [0.5, 0.6) is 0 Å². The Labute approximate surface area is 135 Å². The number of nitrogens with zero attached hydrogens (tertiary/aromatic N) is 3. The van der Waals surface area contributed by atoms with Crippen molar-refractivity contribution < 1.29 is 9.21 Å². The lowest BCUT2D eigenvalue weighted by atomic mass is 10.1. The van der Waals surface area contributed by atoms with Crippen LogP contribution in [0.1, 0.15) is 34.6 Å². The lowest BCUT2D eigenvalue weighted by molar-refractivity contribution is 0.0731. The fourth-order valence-corrected chi connectivity index (χ4v) is 3.97. The van der Waals surface area contributed by atoms with E-state index in [1.54, 1.807) is 18.6 Å². The van der Waals surface area contributed by atoms with Crippen LogP contribution in [0.15, 0.2) is 41.2 Å². The minimum Gasteiger partial charge on any atom is -0.472 e. The molecule has 0 aromatic carbocycles. The molecular formula is C18H21N3O2. The van der Waals surface area contributed by atoms with E-state index in [4.69, 9.17) is 4.42 Å². The lowest BCUT2D eigenvalue weighted by Gasteiger charge is -2.25. The molecule has 1 amide bonds. The van der Waals surface area contributed by atoms with Crippen molar-refractivity contribution in [3.63, 3.8) is 0 Å². The molecule has 0 saturated carbocycles. The quantitative estimate of drug-likeness (QED) is 0.874. The summed E-state index contributed by atoms with van der Waals surface area (Å²) < 4.78 is 5.05. The maximum Gasteiger partial charge on any atom is 0.257 e. The Hall–Kier alpha value is -2.14. The topological polar surface area (TPSA) is 49.6 Å². The molecule has 0 radical (unpaired) electrons. The van der Waals surface area contributed by atoms with Crippen LogP contribution >= 0.6 is 0 Å². The van der Waals surface area contributed by atoms with E-state index in [2.05, 4.69) is 22.0 Å². The highest BCUT2D eigenvalue weighted by Crippen LogP contribution is 2.33. The molecule has 0 unspecified atom stereocenters. The Bertz CT molecular complexity index is 698. The van der Waals surface area contributed by atoms with Crippen molar-refractivity contribution in [1.29, 1.82) is 0 Å². The average Bonchev–Trinajstić information content (AvgIpc) is 3.25. The van der Waals surface area contributed by atoms with Crippen molar-refractivity contribution in [3.05, 3.63) is 53.7 Å². The Kier molecular flexibility index (Phi) is 3.65. The van der Waals surface area contributed by atoms with E-state index in [-0.39, 0.29) is 5.91 Å². The van der Waals surface area contributed by atoms with Gasteiger partial charge in [-0.3, -0.25) is 14.7 Å². The molecule has 2 saturated heterocycles. The third-order valence-electron chi connectivity index (χ3n) is 5.03. The maximum atomic E-state index is 12.6. The van der Waals surface area contributed by atoms with Gasteiger partial charge in [-0.25, -0.2) is 0 Å². The van der Waals surface area contributed by atoms with Crippen LogP contribution in [-0.4, -0.2) is 45.9 Å². The third-order valence-corrected chi connectivity index (χ3v) is 5.03. The average molecular weight is 311 g/mol.